The van der Waals surface area contributed by atoms with E-state index in [1.165, 1.54) is 25.7 Å². The average molecular weight is 169 g/mol. The minimum absolute atomic E-state index is 0.560. The van der Waals surface area contributed by atoms with E-state index in [9.17, 15) is 0 Å². The van der Waals surface area contributed by atoms with Crippen LogP contribution in [0.5, 0.6) is 0 Å². The molecule has 0 radical (unpaired) electrons. The highest BCUT2D eigenvalue weighted by Gasteiger charge is 2.17. The van der Waals surface area contributed by atoms with Gasteiger partial charge in [0.05, 0.1) is 0 Å². The maximum Gasteiger partial charge on any atom is 0.188 e. The lowest BCUT2D eigenvalue weighted by Gasteiger charge is -2.27. The van der Waals surface area contributed by atoms with Gasteiger partial charge in [0.25, 0.3) is 0 Å². The first-order valence-electron chi connectivity index (χ1n) is 4.71. The van der Waals surface area contributed by atoms with Gasteiger partial charge in [-0.15, -0.1) is 0 Å². The Balaban J connectivity index is 2.26. The van der Waals surface area contributed by atoms with Crippen LogP contribution in [-0.4, -0.2) is 19.0 Å². The monoisotopic (exact) mass is 169 g/mol. The van der Waals surface area contributed by atoms with Gasteiger partial charge in [-0.3, -0.25) is 4.99 Å². The number of hydrogen-bond donors (Lipinski definition) is 2. The van der Waals surface area contributed by atoms with Crippen molar-refractivity contribution in [1.29, 1.82) is 0 Å². The smallest absolute Gasteiger partial charge is 0.188 e. The van der Waals surface area contributed by atoms with Crippen LogP contribution in [0.1, 0.15) is 32.6 Å². The molecule has 0 atom stereocenters. The number of nitrogens with zero attached hydrogens (tertiary/aromatic N) is 1. The van der Waals surface area contributed by atoms with E-state index >= 15 is 0 Å². The predicted octanol–water partition coefficient (Wildman–Crippen LogP) is 1.10. The molecule has 0 heterocycles. The Hall–Kier alpha value is -0.730. The van der Waals surface area contributed by atoms with Crippen LogP contribution >= 0.6 is 0 Å². The molecule has 1 rings (SSSR count). The molecule has 1 aliphatic carbocycles. The number of hydrogen-bond acceptors (Lipinski definition) is 1. The average Bonchev–Trinajstić information content (AvgIpc) is 2.09. The van der Waals surface area contributed by atoms with Gasteiger partial charge in [0.15, 0.2) is 5.96 Å². The summed E-state index contributed by atoms with van der Waals surface area (Å²) < 4.78 is 0. The highest BCUT2D eigenvalue weighted by Crippen LogP contribution is 2.23. The van der Waals surface area contributed by atoms with Crippen molar-refractivity contribution < 1.29 is 0 Å². The second-order valence-corrected chi connectivity index (χ2v) is 3.71. The maximum absolute atomic E-state index is 5.58. The summed E-state index contributed by atoms with van der Waals surface area (Å²) in [5.41, 5.74) is 5.58. The summed E-state index contributed by atoms with van der Waals surface area (Å²) in [7, 11) is 1.72. The largest absolute Gasteiger partial charge is 0.370 e. The minimum atomic E-state index is 0.560. The van der Waals surface area contributed by atoms with Gasteiger partial charge < -0.3 is 11.1 Å². The number of nitrogens with two attached hydrogens (primary N) is 1. The van der Waals surface area contributed by atoms with Crippen LogP contribution in [0, 0.1) is 5.92 Å². The third kappa shape index (κ3) is 2.72. The lowest BCUT2D eigenvalue weighted by atomic mass is 9.87. The second kappa shape index (κ2) is 4.33. The zero-order valence-electron chi connectivity index (χ0n) is 8.01. The zero-order chi connectivity index (χ0) is 8.97. The van der Waals surface area contributed by atoms with Crippen molar-refractivity contribution in [2.45, 2.75) is 38.6 Å². The first-order chi connectivity index (χ1) is 5.72. The molecule has 0 saturated heterocycles. The Kier molecular flexibility index (Phi) is 3.38. The van der Waals surface area contributed by atoms with Crippen molar-refractivity contribution in [3.63, 3.8) is 0 Å². The van der Waals surface area contributed by atoms with Crippen molar-refractivity contribution >= 4 is 5.96 Å². The maximum atomic E-state index is 5.58. The summed E-state index contributed by atoms with van der Waals surface area (Å²) in [6.45, 7) is 2.31. The van der Waals surface area contributed by atoms with Crippen molar-refractivity contribution in [2.75, 3.05) is 7.05 Å². The molecular formula is C9H19N3. The molecule has 0 aromatic carbocycles. The molecule has 3 N–H and O–H groups in total. The van der Waals surface area contributed by atoms with Crippen LogP contribution in [-0.2, 0) is 0 Å². The summed E-state index contributed by atoms with van der Waals surface area (Å²) in [5.74, 6) is 1.47. The Morgan fingerprint density at radius 1 is 1.33 bits per heavy atom. The minimum Gasteiger partial charge on any atom is -0.370 e. The van der Waals surface area contributed by atoms with Gasteiger partial charge in [-0.25, -0.2) is 0 Å². The number of rotatable bonds is 1. The van der Waals surface area contributed by atoms with Crippen LogP contribution in [0.3, 0.4) is 0 Å². The van der Waals surface area contributed by atoms with E-state index in [0.29, 0.717) is 12.0 Å². The van der Waals surface area contributed by atoms with Gasteiger partial charge in [-0.1, -0.05) is 6.92 Å². The fraction of sp³-hybridized carbons (Fsp3) is 0.889. The number of aliphatic imine (C=N–C) groups is 1. The topological polar surface area (TPSA) is 50.4 Å². The van der Waals surface area contributed by atoms with Crippen molar-refractivity contribution in [1.82, 2.24) is 5.32 Å². The molecule has 0 bridgehead atoms. The third-order valence-corrected chi connectivity index (χ3v) is 2.61. The van der Waals surface area contributed by atoms with Crippen molar-refractivity contribution in [3.8, 4) is 0 Å². The van der Waals surface area contributed by atoms with E-state index in [4.69, 9.17) is 5.73 Å². The highest BCUT2D eigenvalue weighted by molar-refractivity contribution is 5.77. The summed E-state index contributed by atoms with van der Waals surface area (Å²) >= 11 is 0. The first-order valence-corrected chi connectivity index (χ1v) is 4.71. The standard InChI is InChI=1S/C9H19N3/c1-7-3-5-8(6-4-7)12-9(10)11-2/h7-8H,3-6H2,1-2H3,(H3,10,11,12). The quantitative estimate of drug-likeness (QED) is 0.456. The fourth-order valence-electron chi connectivity index (χ4n) is 1.68. The summed E-state index contributed by atoms with van der Waals surface area (Å²) in [6, 6.07) is 0.560. The second-order valence-electron chi connectivity index (χ2n) is 3.71. The zero-order valence-corrected chi connectivity index (χ0v) is 8.01. The van der Waals surface area contributed by atoms with E-state index in [0.717, 1.165) is 5.92 Å². The van der Waals surface area contributed by atoms with Gasteiger partial charge in [0.2, 0.25) is 0 Å². The Labute approximate surface area is 74.4 Å². The molecule has 70 valence electrons. The first kappa shape index (κ1) is 9.36. The van der Waals surface area contributed by atoms with Crippen LogP contribution in [0.4, 0.5) is 0 Å². The third-order valence-electron chi connectivity index (χ3n) is 2.61. The normalized spacial score (nSPS) is 31.7. The lowest BCUT2D eigenvalue weighted by molar-refractivity contribution is 0.330. The molecule has 0 aliphatic heterocycles. The Bertz CT molecular complexity index is 157. The van der Waals surface area contributed by atoms with Crippen LogP contribution in [0.25, 0.3) is 0 Å². The predicted molar refractivity (Wildman–Crippen MR) is 52.1 cm³/mol. The van der Waals surface area contributed by atoms with E-state index in [1.54, 1.807) is 7.05 Å². The molecular weight excluding hydrogens is 150 g/mol. The van der Waals surface area contributed by atoms with Crippen LogP contribution in [0.2, 0.25) is 0 Å². The molecule has 1 saturated carbocycles. The van der Waals surface area contributed by atoms with Crippen LogP contribution in [0.15, 0.2) is 4.99 Å². The highest BCUT2D eigenvalue weighted by atomic mass is 15.1. The van der Waals surface area contributed by atoms with Crippen LogP contribution < -0.4 is 11.1 Å². The lowest BCUT2D eigenvalue weighted by Crippen LogP contribution is -2.41. The van der Waals surface area contributed by atoms with Gasteiger partial charge in [-0.05, 0) is 31.6 Å². The molecule has 1 fully saturated rings. The van der Waals surface area contributed by atoms with Crippen molar-refractivity contribution in [2.24, 2.45) is 16.6 Å². The SMILES string of the molecule is CN=C(N)NC1CCC(C)CC1. The molecule has 0 unspecified atom stereocenters. The van der Waals surface area contributed by atoms with Crippen molar-refractivity contribution in [3.05, 3.63) is 0 Å². The van der Waals surface area contributed by atoms with Gasteiger partial charge in [0.1, 0.15) is 0 Å². The molecule has 1 aliphatic rings. The summed E-state index contributed by atoms with van der Waals surface area (Å²) in [5, 5.41) is 3.22. The molecule has 0 aromatic heterocycles. The Morgan fingerprint density at radius 3 is 2.42 bits per heavy atom. The van der Waals surface area contributed by atoms with E-state index < -0.39 is 0 Å². The van der Waals surface area contributed by atoms with E-state index in [2.05, 4.69) is 17.2 Å². The molecule has 3 nitrogen and oxygen atoms in total. The Morgan fingerprint density at radius 2 is 1.92 bits per heavy atom. The van der Waals surface area contributed by atoms with E-state index in [1.807, 2.05) is 0 Å². The number of guanidine groups is 1. The molecule has 0 spiro atoms. The fourth-order valence-corrected chi connectivity index (χ4v) is 1.68. The summed E-state index contributed by atoms with van der Waals surface area (Å²) in [4.78, 5) is 3.88. The van der Waals surface area contributed by atoms with Gasteiger partial charge in [0, 0.05) is 13.1 Å². The van der Waals surface area contributed by atoms with Gasteiger partial charge in [-0.2, -0.15) is 0 Å². The molecule has 3 heteroatoms. The summed E-state index contributed by atoms with van der Waals surface area (Å²) in [6.07, 6.45) is 5.10. The molecule has 0 amide bonds. The van der Waals surface area contributed by atoms with Gasteiger partial charge >= 0.3 is 0 Å². The molecule has 0 aromatic rings. The molecule has 12 heavy (non-hydrogen) atoms. The van der Waals surface area contributed by atoms with E-state index in [-0.39, 0.29) is 0 Å². The number of nitrogens with one attached hydrogen (secondary N) is 1.